The second kappa shape index (κ2) is 12.0. The first-order valence-corrected chi connectivity index (χ1v) is 10.6. The highest BCUT2D eigenvalue weighted by Gasteiger charge is 2.25. The van der Waals surface area contributed by atoms with Crippen molar-refractivity contribution in [2.45, 2.75) is 19.1 Å². The zero-order chi connectivity index (χ0) is 23.5. The van der Waals surface area contributed by atoms with E-state index < -0.39 is 18.0 Å². The average molecular weight is 446 g/mol. The van der Waals surface area contributed by atoms with Gasteiger partial charge in [0.15, 0.2) is 0 Å². The lowest BCUT2D eigenvalue weighted by atomic mass is 10.0. The van der Waals surface area contributed by atoms with Crippen molar-refractivity contribution in [3.05, 3.63) is 102 Å². The van der Waals surface area contributed by atoms with Crippen molar-refractivity contribution in [3.8, 4) is 0 Å². The maximum absolute atomic E-state index is 13.2. The molecule has 7 heteroatoms. The number of carbonyl (C=O) groups excluding carboxylic acids is 3. The molecular formula is C26H27N3O4. The number of rotatable bonds is 9. The first-order valence-electron chi connectivity index (χ1n) is 10.6. The van der Waals surface area contributed by atoms with E-state index in [1.165, 1.54) is 4.90 Å². The van der Waals surface area contributed by atoms with Crippen molar-refractivity contribution in [1.82, 2.24) is 10.6 Å². The fourth-order valence-corrected chi connectivity index (χ4v) is 3.23. The Labute approximate surface area is 193 Å². The quantitative estimate of drug-likeness (QED) is 0.529. The van der Waals surface area contributed by atoms with Gasteiger partial charge in [-0.1, -0.05) is 78.9 Å². The topological polar surface area (TPSA) is 87.7 Å². The van der Waals surface area contributed by atoms with Gasteiger partial charge in [0.2, 0.25) is 11.8 Å². The lowest BCUT2D eigenvalue weighted by molar-refractivity contribution is -0.126. The van der Waals surface area contributed by atoms with Gasteiger partial charge in [-0.05, 0) is 23.3 Å². The van der Waals surface area contributed by atoms with Crippen LogP contribution in [0.3, 0.4) is 0 Å². The molecular weight excluding hydrogens is 418 g/mol. The lowest BCUT2D eigenvalue weighted by Gasteiger charge is -2.25. The molecule has 0 spiro atoms. The summed E-state index contributed by atoms with van der Waals surface area (Å²) in [5, 5.41) is 5.17. The average Bonchev–Trinajstić information content (AvgIpc) is 2.86. The van der Waals surface area contributed by atoms with Crippen molar-refractivity contribution in [2.24, 2.45) is 0 Å². The smallest absolute Gasteiger partial charge is 0.407 e. The van der Waals surface area contributed by atoms with Crippen LogP contribution in [0.5, 0.6) is 0 Å². The number of benzene rings is 3. The molecule has 0 heterocycles. The Balaban J connectivity index is 1.58. The highest BCUT2D eigenvalue weighted by molar-refractivity contribution is 5.99. The SMILES string of the molecule is CN(C(=O)[C@H](Cc1ccccc1)NC(=O)CNC(=O)OCc1ccccc1)c1ccccc1. The van der Waals surface area contributed by atoms with Gasteiger partial charge in [0.1, 0.15) is 19.2 Å². The molecule has 3 aromatic rings. The summed E-state index contributed by atoms with van der Waals surface area (Å²) in [5.41, 5.74) is 2.47. The number of hydrogen-bond acceptors (Lipinski definition) is 4. The number of anilines is 1. The molecule has 3 rings (SSSR count). The fraction of sp³-hybridized carbons (Fsp3) is 0.192. The second-order valence-electron chi connectivity index (χ2n) is 7.46. The van der Waals surface area contributed by atoms with Gasteiger partial charge in [0.25, 0.3) is 0 Å². The molecule has 0 radical (unpaired) electrons. The van der Waals surface area contributed by atoms with E-state index in [-0.39, 0.29) is 19.1 Å². The van der Waals surface area contributed by atoms with Gasteiger partial charge in [0.05, 0.1) is 0 Å². The Bertz CT molecular complexity index is 1040. The lowest BCUT2D eigenvalue weighted by Crippen LogP contribution is -2.51. The van der Waals surface area contributed by atoms with Gasteiger partial charge in [-0.15, -0.1) is 0 Å². The number of likely N-dealkylation sites (N-methyl/N-ethyl adjacent to an activating group) is 1. The minimum absolute atomic E-state index is 0.102. The predicted molar refractivity (Wildman–Crippen MR) is 127 cm³/mol. The molecule has 0 aromatic heterocycles. The highest BCUT2D eigenvalue weighted by Crippen LogP contribution is 2.14. The van der Waals surface area contributed by atoms with Crippen LogP contribution < -0.4 is 15.5 Å². The normalized spacial score (nSPS) is 11.2. The van der Waals surface area contributed by atoms with E-state index in [1.807, 2.05) is 91.0 Å². The minimum Gasteiger partial charge on any atom is -0.445 e. The Morgan fingerprint density at radius 1 is 0.818 bits per heavy atom. The molecule has 0 fully saturated rings. The fourth-order valence-electron chi connectivity index (χ4n) is 3.23. The minimum atomic E-state index is -0.799. The molecule has 0 saturated carbocycles. The van der Waals surface area contributed by atoms with Crippen LogP contribution in [0.2, 0.25) is 0 Å². The maximum atomic E-state index is 13.2. The Morgan fingerprint density at radius 2 is 1.36 bits per heavy atom. The van der Waals surface area contributed by atoms with Gasteiger partial charge in [-0.3, -0.25) is 9.59 Å². The zero-order valence-electron chi connectivity index (χ0n) is 18.4. The van der Waals surface area contributed by atoms with Crippen LogP contribution in [0.15, 0.2) is 91.0 Å². The first kappa shape index (κ1) is 23.5. The Hall–Kier alpha value is -4.13. The molecule has 1 atom stereocenters. The van der Waals surface area contributed by atoms with Crippen LogP contribution >= 0.6 is 0 Å². The largest absolute Gasteiger partial charge is 0.445 e. The molecule has 0 unspecified atom stereocenters. The monoisotopic (exact) mass is 445 g/mol. The summed E-state index contributed by atoms with van der Waals surface area (Å²) >= 11 is 0. The summed E-state index contributed by atoms with van der Waals surface area (Å²) in [6.45, 7) is -0.202. The summed E-state index contributed by atoms with van der Waals surface area (Å²) < 4.78 is 5.12. The number of para-hydroxylation sites is 1. The number of carbonyl (C=O) groups is 3. The van der Waals surface area contributed by atoms with Gasteiger partial charge < -0.3 is 20.3 Å². The van der Waals surface area contributed by atoms with Crippen LogP contribution in [0.4, 0.5) is 10.5 Å². The molecule has 0 aliphatic rings. The van der Waals surface area contributed by atoms with Gasteiger partial charge in [-0.25, -0.2) is 4.79 Å². The molecule has 0 saturated heterocycles. The van der Waals surface area contributed by atoms with Gasteiger partial charge in [-0.2, -0.15) is 0 Å². The summed E-state index contributed by atoms with van der Waals surface area (Å²) in [6, 6.07) is 27.1. The summed E-state index contributed by atoms with van der Waals surface area (Å²) in [6.07, 6.45) is -0.387. The molecule has 2 N–H and O–H groups in total. The van der Waals surface area contributed by atoms with E-state index in [4.69, 9.17) is 4.74 Å². The van der Waals surface area contributed by atoms with E-state index in [0.29, 0.717) is 6.42 Å². The third kappa shape index (κ3) is 7.50. The molecule has 3 aromatic carbocycles. The molecule has 0 aliphatic heterocycles. The molecule has 170 valence electrons. The van der Waals surface area contributed by atoms with E-state index in [1.54, 1.807) is 7.05 Å². The van der Waals surface area contributed by atoms with Crippen LogP contribution in [-0.2, 0) is 27.4 Å². The number of alkyl carbamates (subject to hydrolysis) is 1. The number of nitrogens with one attached hydrogen (secondary N) is 2. The summed E-state index contributed by atoms with van der Waals surface area (Å²) in [5.74, 6) is -0.743. The maximum Gasteiger partial charge on any atom is 0.407 e. The molecule has 0 bridgehead atoms. The Kier molecular flexibility index (Phi) is 8.59. The second-order valence-corrected chi connectivity index (χ2v) is 7.46. The van der Waals surface area contributed by atoms with Crippen LogP contribution in [-0.4, -0.2) is 37.5 Å². The number of ether oxygens (including phenoxy) is 1. The third-order valence-electron chi connectivity index (χ3n) is 5.00. The van der Waals surface area contributed by atoms with Crippen molar-refractivity contribution >= 4 is 23.6 Å². The summed E-state index contributed by atoms with van der Waals surface area (Å²) in [7, 11) is 1.67. The third-order valence-corrected chi connectivity index (χ3v) is 5.00. The van der Waals surface area contributed by atoms with Crippen LogP contribution in [0.25, 0.3) is 0 Å². The van der Waals surface area contributed by atoms with Crippen molar-refractivity contribution in [3.63, 3.8) is 0 Å². The van der Waals surface area contributed by atoms with E-state index >= 15 is 0 Å². The van der Waals surface area contributed by atoms with Crippen molar-refractivity contribution in [2.75, 3.05) is 18.5 Å². The number of hydrogen-bond donors (Lipinski definition) is 2. The van der Waals surface area contributed by atoms with Crippen molar-refractivity contribution < 1.29 is 19.1 Å². The van der Waals surface area contributed by atoms with Gasteiger partial charge in [0, 0.05) is 19.2 Å². The Morgan fingerprint density at radius 3 is 1.97 bits per heavy atom. The van der Waals surface area contributed by atoms with Gasteiger partial charge >= 0.3 is 6.09 Å². The standard InChI is InChI=1S/C26H27N3O4/c1-29(22-15-9-4-10-16-22)25(31)23(17-20-11-5-2-6-12-20)28-24(30)18-27-26(32)33-19-21-13-7-3-8-14-21/h2-16,23H,17-19H2,1H3,(H,27,32)(H,28,30)/t23-/m0/s1. The van der Waals surface area contributed by atoms with E-state index in [0.717, 1.165) is 16.8 Å². The summed E-state index contributed by atoms with van der Waals surface area (Å²) in [4.78, 5) is 39.2. The van der Waals surface area contributed by atoms with E-state index in [9.17, 15) is 14.4 Å². The van der Waals surface area contributed by atoms with Crippen LogP contribution in [0.1, 0.15) is 11.1 Å². The molecule has 33 heavy (non-hydrogen) atoms. The first-order chi connectivity index (χ1) is 16.0. The number of nitrogens with zero attached hydrogens (tertiary/aromatic N) is 1. The number of amides is 3. The highest BCUT2D eigenvalue weighted by atomic mass is 16.5. The van der Waals surface area contributed by atoms with Crippen LogP contribution in [0, 0.1) is 0 Å². The zero-order valence-corrected chi connectivity index (χ0v) is 18.4. The molecule has 7 nitrogen and oxygen atoms in total. The van der Waals surface area contributed by atoms with E-state index in [2.05, 4.69) is 10.6 Å². The molecule has 0 aliphatic carbocycles. The predicted octanol–water partition coefficient (Wildman–Crippen LogP) is 3.30. The van der Waals surface area contributed by atoms with Crippen molar-refractivity contribution in [1.29, 1.82) is 0 Å². The molecule has 3 amide bonds.